The standard InChI is InChI=1S/C15H19N3O2/c16-7-2-8-17-15(19)11-20-14-4-1-3-12(9-14)10-18-13-5-6-13/h1,3-4,9,13,18H,2,5-6,8,10-11H2,(H,17,19). The normalized spacial score (nSPS) is 13.6. The Morgan fingerprint density at radius 2 is 2.30 bits per heavy atom. The molecule has 1 amide bonds. The molecule has 1 aromatic carbocycles. The van der Waals surface area contributed by atoms with Gasteiger partial charge in [0.2, 0.25) is 0 Å². The van der Waals surface area contributed by atoms with Crippen LogP contribution >= 0.6 is 0 Å². The average Bonchev–Trinajstić information content (AvgIpc) is 3.28. The number of ether oxygens (including phenoxy) is 1. The van der Waals surface area contributed by atoms with E-state index in [1.807, 2.05) is 30.3 Å². The predicted octanol–water partition coefficient (Wildman–Crippen LogP) is 1.35. The molecule has 0 atom stereocenters. The minimum atomic E-state index is -0.207. The second kappa shape index (κ2) is 7.51. The Bertz CT molecular complexity index is 492. The van der Waals surface area contributed by atoms with Crippen LogP contribution in [0.5, 0.6) is 5.75 Å². The van der Waals surface area contributed by atoms with E-state index >= 15 is 0 Å². The number of nitrogens with zero attached hydrogens (tertiary/aromatic N) is 1. The van der Waals surface area contributed by atoms with Crippen molar-refractivity contribution in [3.05, 3.63) is 29.8 Å². The fourth-order valence-electron chi connectivity index (χ4n) is 1.75. The van der Waals surface area contributed by atoms with E-state index in [-0.39, 0.29) is 12.5 Å². The third kappa shape index (κ3) is 5.29. The van der Waals surface area contributed by atoms with E-state index in [1.165, 1.54) is 12.8 Å². The average molecular weight is 273 g/mol. The molecule has 1 aliphatic carbocycles. The van der Waals surface area contributed by atoms with E-state index in [0.717, 1.165) is 12.1 Å². The Kier molecular flexibility index (Phi) is 5.39. The van der Waals surface area contributed by atoms with Crippen LogP contribution in [-0.2, 0) is 11.3 Å². The number of hydrogen-bond donors (Lipinski definition) is 2. The quantitative estimate of drug-likeness (QED) is 0.701. The number of benzene rings is 1. The van der Waals surface area contributed by atoms with Crippen molar-refractivity contribution < 1.29 is 9.53 Å². The second-order valence-electron chi connectivity index (χ2n) is 4.85. The highest BCUT2D eigenvalue weighted by Crippen LogP contribution is 2.20. The number of carbonyl (C=O) groups excluding carboxylic acids is 1. The predicted molar refractivity (Wildman–Crippen MR) is 75.0 cm³/mol. The van der Waals surface area contributed by atoms with Crippen LogP contribution in [0.25, 0.3) is 0 Å². The zero-order valence-electron chi connectivity index (χ0n) is 11.4. The van der Waals surface area contributed by atoms with Crippen LogP contribution in [0.4, 0.5) is 0 Å². The van der Waals surface area contributed by atoms with E-state index in [2.05, 4.69) is 10.6 Å². The number of amides is 1. The maximum atomic E-state index is 11.4. The Hall–Kier alpha value is -2.06. The molecule has 0 heterocycles. The van der Waals surface area contributed by atoms with E-state index in [4.69, 9.17) is 10.00 Å². The highest BCUT2D eigenvalue weighted by Gasteiger charge is 2.19. The van der Waals surface area contributed by atoms with Crippen LogP contribution in [0.15, 0.2) is 24.3 Å². The lowest BCUT2D eigenvalue weighted by Crippen LogP contribution is -2.29. The molecule has 0 aromatic heterocycles. The molecule has 1 aliphatic rings. The van der Waals surface area contributed by atoms with Crippen molar-refractivity contribution in [3.8, 4) is 11.8 Å². The van der Waals surface area contributed by atoms with Gasteiger partial charge in [-0.25, -0.2) is 0 Å². The summed E-state index contributed by atoms with van der Waals surface area (Å²) in [5.41, 5.74) is 1.15. The number of hydrogen-bond acceptors (Lipinski definition) is 4. The summed E-state index contributed by atoms with van der Waals surface area (Å²) in [6.45, 7) is 1.17. The molecule has 0 unspecified atom stereocenters. The summed E-state index contributed by atoms with van der Waals surface area (Å²) in [6.07, 6.45) is 2.84. The molecule has 0 spiro atoms. The van der Waals surface area contributed by atoms with Gasteiger partial charge in [0, 0.05) is 19.1 Å². The molecule has 20 heavy (non-hydrogen) atoms. The minimum Gasteiger partial charge on any atom is -0.484 e. The van der Waals surface area contributed by atoms with E-state index < -0.39 is 0 Å². The summed E-state index contributed by atoms with van der Waals surface area (Å²) in [5, 5.41) is 14.4. The third-order valence-electron chi connectivity index (χ3n) is 3.00. The van der Waals surface area contributed by atoms with Gasteiger partial charge in [0.25, 0.3) is 5.91 Å². The Balaban J connectivity index is 1.72. The molecule has 5 heteroatoms. The zero-order chi connectivity index (χ0) is 14.2. The Morgan fingerprint density at radius 1 is 1.45 bits per heavy atom. The summed E-state index contributed by atoms with van der Waals surface area (Å²) < 4.78 is 5.44. The zero-order valence-corrected chi connectivity index (χ0v) is 11.4. The van der Waals surface area contributed by atoms with Crippen molar-refractivity contribution in [2.45, 2.75) is 31.8 Å². The van der Waals surface area contributed by atoms with Crippen molar-refractivity contribution >= 4 is 5.91 Å². The van der Waals surface area contributed by atoms with Gasteiger partial charge in [-0.05, 0) is 30.5 Å². The van der Waals surface area contributed by atoms with Crippen molar-refractivity contribution in [2.75, 3.05) is 13.2 Å². The van der Waals surface area contributed by atoms with Gasteiger partial charge < -0.3 is 15.4 Å². The molecule has 0 radical (unpaired) electrons. The highest BCUT2D eigenvalue weighted by molar-refractivity contribution is 5.77. The molecule has 2 rings (SSSR count). The SMILES string of the molecule is N#CCCNC(=O)COc1cccc(CNC2CC2)c1. The van der Waals surface area contributed by atoms with E-state index in [9.17, 15) is 4.79 Å². The first-order valence-corrected chi connectivity index (χ1v) is 6.86. The Morgan fingerprint density at radius 3 is 3.05 bits per heavy atom. The molecule has 0 bridgehead atoms. The summed E-state index contributed by atoms with van der Waals surface area (Å²) >= 11 is 0. The fourth-order valence-corrected chi connectivity index (χ4v) is 1.75. The van der Waals surface area contributed by atoms with Gasteiger partial charge in [-0.15, -0.1) is 0 Å². The molecule has 5 nitrogen and oxygen atoms in total. The highest BCUT2D eigenvalue weighted by atomic mass is 16.5. The van der Waals surface area contributed by atoms with Gasteiger partial charge in [0.15, 0.2) is 6.61 Å². The number of carbonyl (C=O) groups is 1. The minimum absolute atomic E-state index is 0.0229. The van der Waals surface area contributed by atoms with Crippen molar-refractivity contribution in [2.24, 2.45) is 0 Å². The first-order valence-electron chi connectivity index (χ1n) is 6.86. The fraction of sp³-hybridized carbons (Fsp3) is 0.467. The summed E-state index contributed by atoms with van der Waals surface area (Å²) in [7, 11) is 0. The molecule has 106 valence electrons. The van der Waals surface area contributed by atoms with Gasteiger partial charge in [0.05, 0.1) is 12.5 Å². The molecular formula is C15H19N3O2. The lowest BCUT2D eigenvalue weighted by atomic mass is 10.2. The smallest absolute Gasteiger partial charge is 0.257 e. The molecular weight excluding hydrogens is 254 g/mol. The summed E-state index contributed by atoms with van der Waals surface area (Å²) in [6, 6.07) is 10.4. The van der Waals surface area contributed by atoms with Gasteiger partial charge >= 0.3 is 0 Å². The summed E-state index contributed by atoms with van der Waals surface area (Å²) in [5.74, 6) is 0.484. The van der Waals surface area contributed by atoms with Crippen LogP contribution in [-0.4, -0.2) is 25.1 Å². The second-order valence-corrected chi connectivity index (χ2v) is 4.85. The van der Waals surface area contributed by atoms with Gasteiger partial charge in [-0.1, -0.05) is 12.1 Å². The van der Waals surface area contributed by atoms with Gasteiger partial charge in [-0.2, -0.15) is 5.26 Å². The first-order chi connectivity index (χ1) is 9.78. The van der Waals surface area contributed by atoms with Crippen LogP contribution in [0.3, 0.4) is 0 Å². The van der Waals surface area contributed by atoms with Crippen LogP contribution in [0.2, 0.25) is 0 Å². The first kappa shape index (κ1) is 14.4. The number of nitrogens with one attached hydrogen (secondary N) is 2. The van der Waals surface area contributed by atoms with Gasteiger partial charge in [-0.3, -0.25) is 4.79 Å². The topological polar surface area (TPSA) is 74.2 Å². The molecule has 1 aromatic rings. The molecule has 2 N–H and O–H groups in total. The Labute approximate surface area is 118 Å². The van der Waals surface area contributed by atoms with Crippen molar-refractivity contribution in [1.82, 2.24) is 10.6 Å². The largest absolute Gasteiger partial charge is 0.484 e. The van der Waals surface area contributed by atoms with Crippen LogP contribution in [0, 0.1) is 11.3 Å². The maximum absolute atomic E-state index is 11.4. The lowest BCUT2D eigenvalue weighted by molar-refractivity contribution is -0.123. The number of rotatable bonds is 8. The van der Waals surface area contributed by atoms with Crippen molar-refractivity contribution in [3.63, 3.8) is 0 Å². The lowest BCUT2D eigenvalue weighted by Gasteiger charge is -2.08. The molecule has 0 saturated heterocycles. The van der Waals surface area contributed by atoms with Crippen LogP contribution < -0.4 is 15.4 Å². The number of nitriles is 1. The third-order valence-corrected chi connectivity index (χ3v) is 3.00. The monoisotopic (exact) mass is 273 g/mol. The van der Waals surface area contributed by atoms with Crippen LogP contribution in [0.1, 0.15) is 24.8 Å². The summed E-state index contributed by atoms with van der Waals surface area (Å²) in [4.78, 5) is 11.4. The van der Waals surface area contributed by atoms with Gasteiger partial charge in [0.1, 0.15) is 5.75 Å². The molecule has 1 fully saturated rings. The van der Waals surface area contributed by atoms with E-state index in [1.54, 1.807) is 0 Å². The molecule has 0 aliphatic heterocycles. The maximum Gasteiger partial charge on any atom is 0.257 e. The molecule has 1 saturated carbocycles. The van der Waals surface area contributed by atoms with E-state index in [0.29, 0.717) is 24.8 Å². The van der Waals surface area contributed by atoms with Crippen molar-refractivity contribution in [1.29, 1.82) is 5.26 Å².